The second kappa shape index (κ2) is 25.5. The van der Waals surface area contributed by atoms with Crippen LogP contribution in [0.15, 0.2) is 291 Å². The molecule has 498 valence electrons. The van der Waals surface area contributed by atoms with Gasteiger partial charge in [0.2, 0.25) is 0 Å². The SMILES string of the molecule is CCC1(COc2ccc(C3(c4ccc(C(C)(C)C)cc4)c4ccccc4-c4ccc(N(c5ccccc5)c5ccc(-c6ccc(N(c7ccccc7)c7ccc8c(c7)C(c7ccc(OCC9(CC)COC9)cc7)(c7ccc(C(C)(C)C)cc7)c7ccccc7-8)cc6)cc5)cc43)cc2)COC1. The summed E-state index contributed by atoms with van der Waals surface area (Å²) >= 11 is 0. The maximum Gasteiger partial charge on any atom is 0.119 e. The topological polar surface area (TPSA) is 43.4 Å². The fraction of sp³-hybridized carbons (Fsp3) is 0.234. The molecule has 2 saturated heterocycles. The predicted molar refractivity (Wildman–Crippen MR) is 411 cm³/mol. The molecule has 0 radical (unpaired) electrons. The highest BCUT2D eigenvalue weighted by Gasteiger charge is 2.49. The highest BCUT2D eigenvalue weighted by atomic mass is 16.5. The van der Waals surface area contributed by atoms with Crippen LogP contribution < -0.4 is 19.3 Å². The van der Waals surface area contributed by atoms with Gasteiger partial charge in [-0.2, -0.15) is 0 Å². The van der Waals surface area contributed by atoms with Gasteiger partial charge in [0.15, 0.2) is 0 Å². The molecule has 6 nitrogen and oxygen atoms in total. The van der Waals surface area contributed by atoms with E-state index in [1.165, 1.54) is 77.9 Å². The van der Waals surface area contributed by atoms with Crippen LogP contribution >= 0.6 is 0 Å². The van der Waals surface area contributed by atoms with Gasteiger partial charge in [0.1, 0.15) is 11.5 Å². The van der Waals surface area contributed by atoms with Gasteiger partial charge in [-0.15, -0.1) is 0 Å². The maximum absolute atomic E-state index is 6.57. The minimum atomic E-state index is -0.638. The van der Waals surface area contributed by atoms with E-state index in [1.54, 1.807) is 0 Å². The van der Waals surface area contributed by atoms with Gasteiger partial charge >= 0.3 is 0 Å². The van der Waals surface area contributed by atoms with Gasteiger partial charge < -0.3 is 28.7 Å². The van der Waals surface area contributed by atoms with Crippen LogP contribution in [0.5, 0.6) is 11.5 Å². The molecule has 2 aliphatic heterocycles. The summed E-state index contributed by atoms with van der Waals surface area (Å²) in [7, 11) is 0. The van der Waals surface area contributed by atoms with Crippen molar-refractivity contribution < 1.29 is 18.9 Å². The number of anilines is 6. The Kier molecular flexibility index (Phi) is 16.4. The van der Waals surface area contributed by atoms with Crippen LogP contribution in [0.2, 0.25) is 0 Å². The van der Waals surface area contributed by atoms with E-state index in [1.807, 2.05) is 0 Å². The fourth-order valence-electron chi connectivity index (χ4n) is 16.1. The monoisotopic (exact) mass is 1310 g/mol. The molecule has 2 fully saturated rings. The van der Waals surface area contributed by atoms with Crippen molar-refractivity contribution in [3.8, 4) is 44.9 Å². The molecule has 0 bridgehead atoms. The van der Waals surface area contributed by atoms with Gasteiger partial charge in [-0.25, -0.2) is 0 Å². The molecule has 0 amide bonds. The summed E-state index contributed by atoms with van der Waals surface area (Å²) in [4.78, 5) is 4.82. The lowest BCUT2D eigenvalue weighted by Gasteiger charge is -2.40. The Balaban J connectivity index is 0.759. The third kappa shape index (κ3) is 11.1. The van der Waals surface area contributed by atoms with Crippen LogP contribution in [0.3, 0.4) is 0 Å². The van der Waals surface area contributed by atoms with E-state index in [0.29, 0.717) is 13.2 Å². The Morgan fingerprint density at radius 1 is 0.310 bits per heavy atom. The zero-order valence-electron chi connectivity index (χ0n) is 58.9. The average molecular weight is 1310 g/mol. The Morgan fingerprint density at radius 2 is 0.610 bits per heavy atom. The van der Waals surface area contributed by atoms with Crippen LogP contribution in [-0.4, -0.2) is 39.6 Å². The first-order valence-electron chi connectivity index (χ1n) is 35.9. The molecule has 0 spiro atoms. The summed E-state index contributed by atoms with van der Waals surface area (Å²) in [5, 5.41) is 0. The van der Waals surface area contributed by atoms with E-state index >= 15 is 0 Å². The van der Waals surface area contributed by atoms with Crippen LogP contribution in [0.1, 0.15) is 124 Å². The molecule has 16 rings (SSSR count). The number of ether oxygens (including phenoxy) is 4. The van der Waals surface area contributed by atoms with Crippen molar-refractivity contribution in [1.82, 2.24) is 0 Å². The summed E-state index contributed by atoms with van der Waals surface area (Å²) in [6.45, 7) is 22.5. The van der Waals surface area contributed by atoms with Crippen molar-refractivity contribution in [2.45, 2.75) is 89.9 Å². The Labute approximate surface area is 591 Å². The van der Waals surface area contributed by atoms with Crippen LogP contribution in [-0.2, 0) is 31.1 Å². The maximum atomic E-state index is 6.57. The van der Waals surface area contributed by atoms with Crippen LogP contribution in [0.4, 0.5) is 34.1 Å². The average Bonchev–Trinajstić information content (AvgIpc) is 1.52. The third-order valence-corrected chi connectivity index (χ3v) is 22.4. The van der Waals surface area contributed by atoms with Crippen LogP contribution in [0.25, 0.3) is 33.4 Å². The predicted octanol–water partition coefficient (Wildman–Crippen LogP) is 23.2. The molecule has 0 aromatic heterocycles. The molecule has 2 aliphatic carbocycles. The fourth-order valence-corrected chi connectivity index (χ4v) is 16.1. The number of para-hydroxylation sites is 2. The lowest BCUT2D eigenvalue weighted by molar-refractivity contribution is -0.133. The molecule has 12 aromatic rings. The number of fused-ring (bicyclic) bond motifs is 6. The number of benzene rings is 12. The quantitative estimate of drug-likeness (QED) is 0.0804. The Bertz CT molecular complexity index is 4580. The first-order chi connectivity index (χ1) is 48.6. The summed E-state index contributed by atoms with van der Waals surface area (Å²) in [5.74, 6) is 1.75. The zero-order valence-corrected chi connectivity index (χ0v) is 58.9. The number of hydrogen-bond donors (Lipinski definition) is 0. The molecular weight excluding hydrogens is 1220 g/mol. The summed E-state index contributed by atoms with van der Waals surface area (Å²) in [6, 6.07) is 109. The second-order valence-electron chi connectivity index (χ2n) is 30.5. The molecular formula is C94H88N2O4. The lowest BCUT2D eigenvalue weighted by Crippen LogP contribution is -2.46. The van der Waals surface area contributed by atoms with E-state index in [0.717, 1.165) is 96.0 Å². The standard InChI is InChI=1S/C94H88N2O4/c1-9-91(59-97-60-91)63-99-79-51-41-71(42-52-79)93(69-37-33-67(34-38-69)89(3,4)5)85-27-19-17-25-81(85)83-55-49-77(57-87(83)93)95(73-21-13-11-14-22-73)75-45-29-65(30-46-75)66-31-47-76(48-32-66)96(74-23-15-12-16-24-74)78-50-56-84-82-26-18-20-28-86(82)94(88(84)58-78,70-39-35-68(36-40-70)90(6,7)8)72-43-53-80(54-44-72)100-64-92(10-2)61-98-62-92/h11-58H,9-10,59-64H2,1-8H3. The number of nitrogens with zero attached hydrogens (tertiary/aromatic N) is 2. The number of rotatable bonds is 19. The Hall–Kier alpha value is -10.2. The van der Waals surface area contributed by atoms with Crippen molar-refractivity contribution in [3.05, 3.63) is 347 Å². The van der Waals surface area contributed by atoms with Gasteiger partial charge in [-0.1, -0.05) is 250 Å². The molecule has 2 unspecified atom stereocenters. The Morgan fingerprint density at radius 3 is 0.930 bits per heavy atom. The van der Waals surface area contributed by atoms with E-state index in [9.17, 15) is 0 Å². The molecule has 0 saturated carbocycles. The van der Waals surface area contributed by atoms with Gasteiger partial charge in [-0.05, 0) is 210 Å². The smallest absolute Gasteiger partial charge is 0.119 e. The summed E-state index contributed by atoms with van der Waals surface area (Å²) in [6.07, 6.45) is 2.05. The van der Waals surface area contributed by atoms with Crippen molar-refractivity contribution >= 4 is 34.1 Å². The molecule has 0 N–H and O–H groups in total. The summed E-state index contributed by atoms with van der Waals surface area (Å²) < 4.78 is 24.5. The van der Waals surface area contributed by atoms with Crippen molar-refractivity contribution in [2.24, 2.45) is 10.8 Å². The van der Waals surface area contributed by atoms with E-state index in [2.05, 4.69) is 356 Å². The third-order valence-electron chi connectivity index (χ3n) is 22.4. The molecule has 2 heterocycles. The van der Waals surface area contributed by atoms with Gasteiger partial charge in [-0.3, -0.25) is 0 Å². The lowest BCUT2D eigenvalue weighted by atomic mass is 9.67. The first kappa shape index (κ1) is 64.4. The normalized spacial score (nSPS) is 17.6. The van der Waals surface area contributed by atoms with Crippen molar-refractivity contribution in [3.63, 3.8) is 0 Å². The largest absolute Gasteiger partial charge is 0.493 e. The summed E-state index contributed by atoms with van der Waals surface area (Å²) in [5.41, 5.74) is 25.0. The van der Waals surface area contributed by atoms with Gasteiger partial charge in [0.25, 0.3) is 0 Å². The van der Waals surface area contributed by atoms with E-state index in [4.69, 9.17) is 18.9 Å². The number of hydrogen-bond acceptors (Lipinski definition) is 6. The highest BCUT2D eigenvalue weighted by molar-refractivity contribution is 5.92. The van der Waals surface area contributed by atoms with E-state index < -0.39 is 10.8 Å². The first-order valence-corrected chi connectivity index (χ1v) is 35.9. The molecule has 12 aromatic carbocycles. The molecule has 2 atom stereocenters. The molecule has 100 heavy (non-hydrogen) atoms. The highest BCUT2D eigenvalue weighted by Crippen LogP contribution is 2.60. The minimum Gasteiger partial charge on any atom is -0.493 e. The van der Waals surface area contributed by atoms with Crippen molar-refractivity contribution in [2.75, 3.05) is 49.4 Å². The van der Waals surface area contributed by atoms with Gasteiger partial charge in [0.05, 0.1) is 61.3 Å². The van der Waals surface area contributed by atoms with Gasteiger partial charge in [0, 0.05) is 34.1 Å². The molecule has 6 heteroatoms. The molecule has 4 aliphatic rings. The van der Waals surface area contributed by atoms with Crippen molar-refractivity contribution in [1.29, 1.82) is 0 Å². The van der Waals surface area contributed by atoms with Crippen LogP contribution in [0, 0.1) is 10.8 Å². The zero-order chi connectivity index (χ0) is 68.4. The van der Waals surface area contributed by atoms with E-state index in [-0.39, 0.29) is 21.7 Å². The second-order valence-corrected chi connectivity index (χ2v) is 30.5. The minimum absolute atomic E-state index is 0.00649.